The summed E-state index contributed by atoms with van der Waals surface area (Å²) in [5, 5.41) is 6.41. The minimum Gasteiger partial charge on any atom is -0.357 e. The topological polar surface area (TPSA) is 42.9 Å². The van der Waals surface area contributed by atoms with E-state index in [1.165, 1.54) is 6.07 Å². The molecular formula is C20H32F3N5. The van der Waals surface area contributed by atoms with Crippen LogP contribution < -0.4 is 10.6 Å². The van der Waals surface area contributed by atoms with Crippen LogP contribution in [0.25, 0.3) is 0 Å². The Kier molecular flexibility index (Phi) is 9.05. The SMILES string of the molecule is CCNC(=NCc1cccc(C(F)(F)F)c1)NCCCCN1CCN(C)CC1. The molecule has 8 heteroatoms. The van der Waals surface area contributed by atoms with Crippen LogP contribution in [0.1, 0.15) is 30.9 Å². The van der Waals surface area contributed by atoms with Gasteiger partial charge in [-0.15, -0.1) is 0 Å². The molecule has 1 aliphatic heterocycles. The molecule has 1 aromatic carbocycles. The second-order valence-corrected chi connectivity index (χ2v) is 7.17. The second kappa shape index (κ2) is 11.3. The second-order valence-electron chi connectivity index (χ2n) is 7.17. The molecule has 5 nitrogen and oxygen atoms in total. The molecule has 0 unspecified atom stereocenters. The fraction of sp³-hybridized carbons (Fsp3) is 0.650. The van der Waals surface area contributed by atoms with E-state index in [2.05, 4.69) is 32.5 Å². The van der Waals surface area contributed by atoms with E-state index < -0.39 is 11.7 Å². The number of nitrogens with zero attached hydrogens (tertiary/aromatic N) is 3. The molecule has 0 atom stereocenters. The first-order valence-electron chi connectivity index (χ1n) is 9.97. The smallest absolute Gasteiger partial charge is 0.357 e. The van der Waals surface area contributed by atoms with Gasteiger partial charge < -0.3 is 20.4 Å². The Hall–Kier alpha value is -1.80. The Bertz CT molecular complexity index is 610. The first-order chi connectivity index (χ1) is 13.4. The van der Waals surface area contributed by atoms with Crippen LogP contribution in [0.15, 0.2) is 29.3 Å². The number of hydrogen-bond acceptors (Lipinski definition) is 3. The van der Waals surface area contributed by atoms with Gasteiger partial charge in [-0.05, 0) is 51.1 Å². The van der Waals surface area contributed by atoms with Crippen molar-refractivity contribution in [1.82, 2.24) is 20.4 Å². The average molecular weight is 400 g/mol. The zero-order valence-corrected chi connectivity index (χ0v) is 16.9. The highest BCUT2D eigenvalue weighted by molar-refractivity contribution is 5.79. The highest BCUT2D eigenvalue weighted by Gasteiger charge is 2.30. The molecule has 0 aliphatic carbocycles. The maximum absolute atomic E-state index is 12.8. The third-order valence-corrected chi connectivity index (χ3v) is 4.81. The van der Waals surface area contributed by atoms with E-state index in [4.69, 9.17) is 0 Å². The maximum atomic E-state index is 12.8. The van der Waals surface area contributed by atoms with E-state index in [0.717, 1.165) is 64.2 Å². The van der Waals surface area contributed by atoms with Crippen molar-refractivity contribution in [3.05, 3.63) is 35.4 Å². The first-order valence-corrected chi connectivity index (χ1v) is 9.97. The first kappa shape index (κ1) is 22.5. The molecule has 0 aromatic heterocycles. The minimum absolute atomic E-state index is 0.209. The van der Waals surface area contributed by atoms with Crippen LogP contribution >= 0.6 is 0 Å². The summed E-state index contributed by atoms with van der Waals surface area (Å²) < 4.78 is 38.4. The van der Waals surface area contributed by atoms with E-state index in [-0.39, 0.29) is 6.54 Å². The standard InChI is InChI=1S/C20H32F3N5/c1-3-24-19(25-9-4-5-10-28-13-11-27(2)12-14-28)26-16-17-7-6-8-18(15-17)20(21,22)23/h6-8,15H,3-5,9-14,16H2,1-2H3,(H2,24,25,26). The fourth-order valence-corrected chi connectivity index (χ4v) is 3.10. The van der Waals surface area contributed by atoms with Crippen LogP contribution in [0, 0.1) is 0 Å². The van der Waals surface area contributed by atoms with Crippen molar-refractivity contribution < 1.29 is 13.2 Å². The van der Waals surface area contributed by atoms with Crippen LogP contribution in [-0.4, -0.2) is 68.6 Å². The molecule has 0 amide bonds. The summed E-state index contributed by atoms with van der Waals surface area (Å²) in [6.45, 7) is 9.30. The number of guanidine groups is 1. The summed E-state index contributed by atoms with van der Waals surface area (Å²) in [5.41, 5.74) is -0.0934. The third kappa shape index (κ3) is 8.06. The van der Waals surface area contributed by atoms with Crippen LogP contribution in [0.2, 0.25) is 0 Å². The zero-order valence-electron chi connectivity index (χ0n) is 16.9. The Morgan fingerprint density at radius 1 is 1.11 bits per heavy atom. The third-order valence-electron chi connectivity index (χ3n) is 4.81. The summed E-state index contributed by atoms with van der Waals surface area (Å²) in [4.78, 5) is 9.26. The molecule has 0 saturated carbocycles. The molecule has 158 valence electrons. The Balaban J connectivity index is 1.74. The van der Waals surface area contributed by atoms with E-state index in [1.54, 1.807) is 6.07 Å². The predicted molar refractivity (Wildman–Crippen MR) is 107 cm³/mol. The summed E-state index contributed by atoms with van der Waals surface area (Å²) in [6.07, 6.45) is -2.18. The van der Waals surface area contributed by atoms with Crippen molar-refractivity contribution in [1.29, 1.82) is 0 Å². The van der Waals surface area contributed by atoms with Gasteiger partial charge in [-0.3, -0.25) is 0 Å². The normalized spacial score (nSPS) is 17.0. The number of alkyl halides is 3. The number of rotatable bonds is 8. The molecule has 1 aromatic rings. The van der Waals surface area contributed by atoms with E-state index >= 15 is 0 Å². The lowest BCUT2D eigenvalue weighted by Crippen LogP contribution is -2.44. The quantitative estimate of drug-likeness (QED) is 0.401. The van der Waals surface area contributed by atoms with Crippen LogP contribution in [0.4, 0.5) is 13.2 Å². The van der Waals surface area contributed by atoms with Crippen molar-refractivity contribution in [3.63, 3.8) is 0 Å². The van der Waals surface area contributed by atoms with Crippen LogP contribution in [0.5, 0.6) is 0 Å². The Morgan fingerprint density at radius 3 is 2.54 bits per heavy atom. The van der Waals surface area contributed by atoms with Gasteiger partial charge in [-0.25, -0.2) is 4.99 Å². The monoisotopic (exact) mass is 399 g/mol. The van der Waals surface area contributed by atoms with E-state index in [9.17, 15) is 13.2 Å². The minimum atomic E-state index is -4.33. The van der Waals surface area contributed by atoms with Crippen molar-refractivity contribution in [2.75, 3.05) is 52.9 Å². The molecular weight excluding hydrogens is 367 g/mol. The van der Waals surface area contributed by atoms with Gasteiger partial charge in [0, 0.05) is 39.3 Å². The van der Waals surface area contributed by atoms with Crippen molar-refractivity contribution in [2.45, 2.75) is 32.5 Å². The van der Waals surface area contributed by atoms with Gasteiger partial charge in [-0.1, -0.05) is 12.1 Å². The molecule has 1 heterocycles. The zero-order chi connectivity index (χ0) is 20.4. The van der Waals surface area contributed by atoms with Gasteiger partial charge in [-0.2, -0.15) is 13.2 Å². The average Bonchev–Trinajstić information content (AvgIpc) is 2.67. The number of halogens is 3. The van der Waals surface area contributed by atoms with Gasteiger partial charge in [0.15, 0.2) is 5.96 Å². The number of piperazine rings is 1. The van der Waals surface area contributed by atoms with Gasteiger partial charge >= 0.3 is 6.18 Å². The summed E-state index contributed by atoms with van der Waals surface area (Å²) in [7, 11) is 2.15. The number of nitrogens with one attached hydrogen (secondary N) is 2. The molecule has 0 radical (unpaired) electrons. The molecule has 0 spiro atoms. The predicted octanol–water partition coefficient (Wildman–Crippen LogP) is 2.79. The van der Waals surface area contributed by atoms with Crippen molar-refractivity contribution in [3.8, 4) is 0 Å². The highest BCUT2D eigenvalue weighted by Crippen LogP contribution is 2.29. The number of hydrogen-bond donors (Lipinski definition) is 2. The lowest BCUT2D eigenvalue weighted by Gasteiger charge is -2.32. The van der Waals surface area contributed by atoms with Crippen LogP contribution in [-0.2, 0) is 12.7 Å². The molecule has 2 N–H and O–H groups in total. The molecule has 2 rings (SSSR count). The Morgan fingerprint density at radius 2 is 1.86 bits per heavy atom. The fourth-order valence-electron chi connectivity index (χ4n) is 3.10. The van der Waals surface area contributed by atoms with Gasteiger partial charge in [0.1, 0.15) is 0 Å². The van der Waals surface area contributed by atoms with Crippen molar-refractivity contribution >= 4 is 5.96 Å². The Labute approximate surface area is 166 Å². The molecule has 1 fully saturated rings. The van der Waals surface area contributed by atoms with Gasteiger partial charge in [0.2, 0.25) is 0 Å². The highest BCUT2D eigenvalue weighted by atomic mass is 19.4. The van der Waals surface area contributed by atoms with Gasteiger partial charge in [0.25, 0.3) is 0 Å². The number of benzene rings is 1. The summed E-state index contributed by atoms with van der Waals surface area (Å²) in [5.74, 6) is 0.638. The van der Waals surface area contributed by atoms with Gasteiger partial charge in [0.05, 0.1) is 12.1 Å². The lowest BCUT2D eigenvalue weighted by molar-refractivity contribution is -0.137. The van der Waals surface area contributed by atoms with E-state index in [0.29, 0.717) is 18.1 Å². The summed E-state index contributed by atoms with van der Waals surface area (Å²) in [6, 6.07) is 5.32. The number of aliphatic imine (C=N–C) groups is 1. The molecule has 1 aliphatic rings. The molecule has 1 saturated heterocycles. The molecule has 0 bridgehead atoms. The van der Waals surface area contributed by atoms with E-state index in [1.807, 2.05) is 6.92 Å². The number of unbranched alkanes of at least 4 members (excludes halogenated alkanes) is 1. The molecule has 28 heavy (non-hydrogen) atoms. The summed E-state index contributed by atoms with van der Waals surface area (Å²) >= 11 is 0. The number of likely N-dealkylation sites (N-methyl/N-ethyl adjacent to an activating group) is 1. The maximum Gasteiger partial charge on any atom is 0.416 e. The van der Waals surface area contributed by atoms with Crippen LogP contribution in [0.3, 0.4) is 0 Å². The largest absolute Gasteiger partial charge is 0.416 e. The lowest BCUT2D eigenvalue weighted by atomic mass is 10.1. The van der Waals surface area contributed by atoms with Crippen molar-refractivity contribution in [2.24, 2.45) is 4.99 Å².